The minimum absolute atomic E-state index is 0.106. The van der Waals surface area contributed by atoms with Gasteiger partial charge in [0, 0.05) is 19.3 Å². The van der Waals surface area contributed by atoms with E-state index in [2.05, 4.69) is 118 Å². The fraction of sp³-hybridized carbons (Fsp3) is 0.678. The molecule has 6 heteroatoms. The second-order valence-corrected chi connectivity index (χ2v) is 17.5. The predicted octanol–water partition coefficient (Wildman–Crippen LogP) is 17.8. The molecule has 1 unspecified atom stereocenters. The Hall–Kier alpha value is -3.67. The van der Waals surface area contributed by atoms with Crippen LogP contribution in [0.15, 0.2) is 97.2 Å². The molecular formula is C59H98O6. The first-order valence-electron chi connectivity index (χ1n) is 26.8. The lowest BCUT2D eigenvalue weighted by Gasteiger charge is -2.18. The van der Waals surface area contributed by atoms with E-state index in [-0.39, 0.29) is 37.5 Å². The van der Waals surface area contributed by atoms with Crippen LogP contribution in [0.1, 0.15) is 239 Å². The minimum atomic E-state index is -0.815. The fourth-order valence-corrected chi connectivity index (χ4v) is 7.09. The van der Waals surface area contributed by atoms with Crippen LogP contribution >= 0.6 is 0 Å². The highest BCUT2D eigenvalue weighted by molar-refractivity contribution is 5.71. The number of carbonyl (C=O) groups is 3. The standard InChI is InChI=1S/C59H98O6/c1-4-7-10-13-16-19-22-25-27-29-31-32-34-37-40-43-46-49-52-58(61)64-55-56(54-63-57(60)51-48-45-42-39-36-24-21-18-15-12-9-6-3)65-59(62)53-50-47-44-41-38-35-33-30-28-26-23-20-17-14-11-8-5-2/h16-17,19-20,22,25-29,31-33,35,41,44,56H,4-15,18,21,23-24,30,34,36-40,42-43,45-55H2,1-3H3/b19-16-,20-17-,25-22-,28-26-,29-27-,32-31-,35-33-,44-41-. The van der Waals surface area contributed by atoms with Crippen LogP contribution < -0.4 is 0 Å². The first-order chi connectivity index (χ1) is 32.0. The summed E-state index contributed by atoms with van der Waals surface area (Å²) in [5, 5.41) is 0. The molecule has 370 valence electrons. The van der Waals surface area contributed by atoms with E-state index in [1.165, 1.54) is 103 Å². The number of allylic oxidation sites excluding steroid dienone is 16. The molecule has 6 nitrogen and oxygen atoms in total. The van der Waals surface area contributed by atoms with Crippen molar-refractivity contribution in [2.75, 3.05) is 13.2 Å². The minimum Gasteiger partial charge on any atom is -0.462 e. The van der Waals surface area contributed by atoms with E-state index in [1.807, 2.05) is 0 Å². The maximum atomic E-state index is 12.8. The smallest absolute Gasteiger partial charge is 0.306 e. The first-order valence-corrected chi connectivity index (χ1v) is 26.8. The van der Waals surface area contributed by atoms with Crippen LogP contribution in [0.2, 0.25) is 0 Å². The summed E-state index contributed by atoms with van der Waals surface area (Å²) in [6, 6.07) is 0. The van der Waals surface area contributed by atoms with Crippen molar-refractivity contribution in [3.8, 4) is 0 Å². The van der Waals surface area contributed by atoms with Crippen LogP contribution in [0.4, 0.5) is 0 Å². The van der Waals surface area contributed by atoms with Crippen molar-refractivity contribution < 1.29 is 28.6 Å². The number of hydrogen-bond donors (Lipinski definition) is 0. The molecule has 1 atom stereocenters. The van der Waals surface area contributed by atoms with Crippen molar-refractivity contribution in [2.24, 2.45) is 0 Å². The summed E-state index contributed by atoms with van der Waals surface area (Å²) in [6.45, 7) is 6.50. The van der Waals surface area contributed by atoms with Crippen LogP contribution in [-0.4, -0.2) is 37.2 Å². The average Bonchev–Trinajstić information content (AvgIpc) is 3.30. The van der Waals surface area contributed by atoms with Gasteiger partial charge in [0.25, 0.3) is 0 Å². The number of carbonyl (C=O) groups excluding carboxylic acids is 3. The van der Waals surface area contributed by atoms with Gasteiger partial charge in [-0.05, 0) is 83.5 Å². The third-order valence-electron chi connectivity index (χ3n) is 11.2. The Morgan fingerprint density at radius 1 is 0.323 bits per heavy atom. The second kappa shape index (κ2) is 52.9. The Morgan fingerprint density at radius 2 is 0.631 bits per heavy atom. The van der Waals surface area contributed by atoms with Crippen LogP contribution in [0.5, 0.6) is 0 Å². The Labute approximate surface area is 400 Å². The number of hydrogen-bond acceptors (Lipinski definition) is 6. The Bertz CT molecular complexity index is 1310. The summed E-state index contributed by atoms with van der Waals surface area (Å²) in [6.07, 6.45) is 69.6. The molecule has 0 aliphatic carbocycles. The number of ether oxygens (including phenoxy) is 3. The lowest BCUT2D eigenvalue weighted by atomic mass is 10.0. The fourth-order valence-electron chi connectivity index (χ4n) is 7.09. The molecule has 0 fully saturated rings. The van der Waals surface area contributed by atoms with Gasteiger partial charge in [0.05, 0.1) is 0 Å². The van der Waals surface area contributed by atoms with Gasteiger partial charge >= 0.3 is 17.9 Å². The van der Waals surface area contributed by atoms with E-state index in [4.69, 9.17) is 14.2 Å². The summed E-state index contributed by atoms with van der Waals surface area (Å²) < 4.78 is 16.7. The first kappa shape index (κ1) is 61.3. The maximum absolute atomic E-state index is 12.8. The maximum Gasteiger partial charge on any atom is 0.306 e. The van der Waals surface area contributed by atoms with Gasteiger partial charge in [-0.3, -0.25) is 14.4 Å². The van der Waals surface area contributed by atoms with Crippen LogP contribution in [0.25, 0.3) is 0 Å². The lowest BCUT2D eigenvalue weighted by Crippen LogP contribution is -2.30. The quantitative estimate of drug-likeness (QED) is 0.0199. The summed E-state index contributed by atoms with van der Waals surface area (Å²) in [5.74, 6) is -0.988. The molecule has 0 bridgehead atoms. The molecule has 0 amide bonds. The van der Waals surface area contributed by atoms with Gasteiger partial charge in [-0.15, -0.1) is 0 Å². The highest BCUT2D eigenvalue weighted by Crippen LogP contribution is 2.14. The van der Waals surface area contributed by atoms with Gasteiger partial charge in [-0.1, -0.05) is 234 Å². The van der Waals surface area contributed by atoms with Crippen LogP contribution in [0, 0.1) is 0 Å². The zero-order valence-electron chi connectivity index (χ0n) is 42.2. The van der Waals surface area contributed by atoms with Gasteiger partial charge in [-0.25, -0.2) is 0 Å². The van der Waals surface area contributed by atoms with Crippen molar-refractivity contribution >= 4 is 17.9 Å². The van der Waals surface area contributed by atoms with Gasteiger partial charge in [-0.2, -0.15) is 0 Å². The van der Waals surface area contributed by atoms with E-state index in [1.54, 1.807) is 0 Å². The van der Waals surface area contributed by atoms with Crippen molar-refractivity contribution in [1.29, 1.82) is 0 Å². The zero-order chi connectivity index (χ0) is 47.2. The van der Waals surface area contributed by atoms with Crippen LogP contribution in [-0.2, 0) is 28.6 Å². The lowest BCUT2D eigenvalue weighted by molar-refractivity contribution is -0.167. The topological polar surface area (TPSA) is 78.9 Å². The molecule has 65 heavy (non-hydrogen) atoms. The predicted molar refractivity (Wildman–Crippen MR) is 279 cm³/mol. The summed E-state index contributed by atoms with van der Waals surface area (Å²) in [5.41, 5.74) is 0. The molecule has 0 aromatic carbocycles. The number of rotatable bonds is 47. The van der Waals surface area contributed by atoms with Gasteiger partial charge in [0.1, 0.15) is 13.2 Å². The van der Waals surface area contributed by atoms with Gasteiger partial charge in [0.2, 0.25) is 0 Å². The van der Waals surface area contributed by atoms with Gasteiger partial charge in [0.15, 0.2) is 6.10 Å². The molecule has 0 saturated carbocycles. The molecule has 0 aromatic rings. The van der Waals surface area contributed by atoms with E-state index >= 15 is 0 Å². The highest BCUT2D eigenvalue weighted by Gasteiger charge is 2.19. The normalized spacial score (nSPS) is 12.8. The van der Waals surface area contributed by atoms with Gasteiger partial charge < -0.3 is 14.2 Å². The number of unbranched alkanes of at least 4 members (excludes halogenated alkanes) is 23. The molecule has 0 aromatic heterocycles. The number of esters is 3. The van der Waals surface area contributed by atoms with E-state index in [0.29, 0.717) is 19.3 Å². The monoisotopic (exact) mass is 903 g/mol. The van der Waals surface area contributed by atoms with E-state index < -0.39 is 6.10 Å². The SMILES string of the molecule is CCCCC\C=C/C=C\C=C/C=C\CCCCCCCC(=O)OCC(COC(=O)CCCCCCCCCCCCCC)OC(=O)CCC/C=C\C/C=C\C/C=C\C/C=C\CCCCC. The summed E-state index contributed by atoms with van der Waals surface area (Å²) in [7, 11) is 0. The Morgan fingerprint density at radius 3 is 1.08 bits per heavy atom. The van der Waals surface area contributed by atoms with E-state index in [9.17, 15) is 14.4 Å². The molecule has 0 N–H and O–H groups in total. The summed E-state index contributed by atoms with van der Waals surface area (Å²) in [4.78, 5) is 38.0. The molecule has 0 radical (unpaired) electrons. The Balaban J connectivity index is 4.52. The third-order valence-corrected chi connectivity index (χ3v) is 11.2. The third kappa shape index (κ3) is 51.2. The largest absolute Gasteiger partial charge is 0.462 e. The van der Waals surface area contributed by atoms with E-state index in [0.717, 1.165) is 89.9 Å². The molecule has 0 saturated heterocycles. The van der Waals surface area contributed by atoms with Crippen molar-refractivity contribution in [2.45, 2.75) is 245 Å². The van der Waals surface area contributed by atoms with Crippen LogP contribution in [0.3, 0.4) is 0 Å². The molecule has 0 aliphatic heterocycles. The molecule has 0 rings (SSSR count). The highest BCUT2D eigenvalue weighted by atomic mass is 16.6. The molecular weight excluding hydrogens is 805 g/mol. The van der Waals surface area contributed by atoms with Crippen molar-refractivity contribution in [3.05, 3.63) is 97.2 Å². The van der Waals surface area contributed by atoms with Crippen molar-refractivity contribution in [3.63, 3.8) is 0 Å². The molecule has 0 spiro atoms. The average molecular weight is 903 g/mol. The Kier molecular flexibility index (Phi) is 50.0. The zero-order valence-corrected chi connectivity index (χ0v) is 42.2. The second-order valence-electron chi connectivity index (χ2n) is 17.5. The summed E-state index contributed by atoms with van der Waals surface area (Å²) >= 11 is 0. The molecule has 0 heterocycles. The molecule has 0 aliphatic rings. The van der Waals surface area contributed by atoms with Crippen molar-refractivity contribution in [1.82, 2.24) is 0 Å².